The Bertz CT molecular complexity index is 918. The molecule has 26 heavy (non-hydrogen) atoms. The first-order chi connectivity index (χ1) is 12.5. The van der Waals surface area contributed by atoms with Gasteiger partial charge < -0.3 is 9.82 Å². The number of carbonyl (C=O) groups excluding carboxylic acids is 1. The molecule has 0 unspecified atom stereocenters. The van der Waals surface area contributed by atoms with Crippen LogP contribution in [0.4, 0.5) is 5.69 Å². The maximum atomic E-state index is 14.0. The van der Waals surface area contributed by atoms with Crippen LogP contribution in [0, 0.1) is 3.57 Å². The summed E-state index contributed by atoms with van der Waals surface area (Å²) < 4.78 is 19.5. The number of halogens is 1. The average Bonchev–Trinajstić information content (AvgIpc) is 2.70. The Kier molecular flexibility index (Phi) is 5.79. The second kappa shape index (κ2) is 8.06. The largest absolute Gasteiger partial charge is 0.465 e. The van der Waals surface area contributed by atoms with Crippen LogP contribution in [0.5, 0.6) is 0 Å². The summed E-state index contributed by atoms with van der Waals surface area (Å²) in [5.41, 5.74) is 1.16. The second-order valence-corrected chi connectivity index (χ2v) is 9.22. The molecule has 0 bridgehead atoms. The maximum absolute atomic E-state index is 14.0. The third-order valence-corrected chi connectivity index (χ3v) is 7.41. The van der Waals surface area contributed by atoms with Gasteiger partial charge in [-0.15, -0.1) is 0 Å². The monoisotopic (exact) mass is 477 g/mol. The lowest BCUT2D eigenvalue weighted by Gasteiger charge is -2.22. The summed E-state index contributed by atoms with van der Waals surface area (Å²) in [6.07, 6.45) is 0. The van der Waals surface area contributed by atoms with Crippen molar-refractivity contribution in [2.45, 2.75) is 0 Å². The highest BCUT2D eigenvalue weighted by Gasteiger charge is 2.28. The average molecular weight is 477 g/mol. The van der Waals surface area contributed by atoms with Crippen LogP contribution in [0.2, 0.25) is 0 Å². The first-order valence-corrected chi connectivity index (χ1v) is 10.7. The van der Waals surface area contributed by atoms with Crippen LogP contribution in [0.3, 0.4) is 0 Å². The molecule has 0 radical (unpaired) electrons. The van der Waals surface area contributed by atoms with E-state index in [1.54, 1.807) is 18.2 Å². The number of carbonyl (C=O) groups is 1. The number of ether oxygens (including phenoxy) is 1. The molecule has 0 heterocycles. The van der Waals surface area contributed by atoms with E-state index < -0.39 is 13.3 Å². The van der Waals surface area contributed by atoms with Crippen molar-refractivity contribution in [1.82, 2.24) is 0 Å². The fourth-order valence-electron chi connectivity index (χ4n) is 2.57. The van der Waals surface area contributed by atoms with Gasteiger partial charge in [0.2, 0.25) is 7.29 Å². The van der Waals surface area contributed by atoms with Crippen LogP contribution in [-0.2, 0) is 9.30 Å². The van der Waals surface area contributed by atoms with Crippen molar-refractivity contribution < 1.29 is 14.1 Å². The number of hydrogen-bond donors (Lipinski definition) is 1. The molecule has 0 amide bonds. The number of rotatable bonds is 5. The Morgan fingerprint density at radius 1 is 0.923 bits per heavy atom. The topological polar surface area (TPSA) is 55.4 Å². The minimum atomic E-state index is -3.09. The zero-order valence-electron chi connectivity index (χ0n) is 14.1. The van der Waals surface area contributed by atoms with Gasteiger partial charge in [0.1, 0.15) is 0 Å². The standard InChI is InChI=1S/C20H17INO3P/c1-25-20(23)15-12-13-19(18(21)14-15)22-26(24,16-8-4-2-5-9-16)17-10-6-3-7-11-17/h2-14H,1H3,(H,22,24). The molecule has 132 valence electrons. The molecule has 0 spiro atoms. The summed E-state index contributed by atoms with van der Waals surface area (Å²) >= 11 is 2.12. The van der Waals surface area contributed by atoms with E-state index in [4.69, 9.17) is 4.74 Å². The van der Waals surface area contributed by atoms with Crippen molar-refractivity contribution in [1.29, 1.82) is 0 Å². The number of nitrogens with one attached hydrogen (secondary N) is 1. The molecule has 3 rings (SSSR count). The van der Waals surface area contributed by atoms with E-state index in [0.717, 1.165) is 14.2 Å². The third-order valence-electron chi connectivity index (χ3n) is 3.91. The van der Waals surface area contributed by atoms with E-state index in [0.29, 0.717) is 11.3 Å². The van der Waals surface area contributed by atoms with Crippen LogP contribution in [-0.4, -0.2) is 13.1 Å². The minimum absolute atomic E-state index is 0.399. The third kappa shape index (κ3) is 3.84. The molecular formula is C20H17INO3P. The van der Waals surface area contributed by atoms with Crippen molar-refractivity contribution >= 4 is 52.1 Å². The van der Waals surface area contributed by atoms with Gasteiger partial charge in [-0.2, -0.15) is 0 Å². The van der Waals surface area contributed by atoms with Gasteiger partial charge in [0.25, 0.3) is 0 Å². The molecule has 0 saturated carbocycles. The SMILES string of the molecule is COC(=O)c1ccc(NP(=O)(c2ccccc2)c2ccccc2)c(I)c1. The fraction of sp³-hybridized carbons (Fsp3) is 0.0500. The number of hydrogen-bond acceptors (Lipinski definition) is 3. The highest BCUT2D eigenvalue weighted by Crippen LogP contribution is 2.44. The van der Waals surface area contributed by atoms with Gasteiger partial charge in [-0.3, -0.25) is 4.57 Å². The van der Waals surface area contributed by atoms with Crippen molar-refractivity contribution in [3.63, 3.8) is 0 Å². The van der Waals surface area contributed by atoms with Crippen LogP contribution in [0.1, 0.15) is 10.4 Å². The molecule has 3 aromatic carbocycles. The maximum Gasteiger partial charge on any atom is 0.337 e. The first-order valence-electron chi connectivity index (χ1n) is 7.92. The number of benzene rings is 3. The summed E-state index contributed by atoms with van der Waals surface area (Å²) in [5, 5.41) is 4.68. The van der Waals surface area contributed by atoms with Crippen molar-refractivity contribution in [2.24, 2.45) is 0 Å². The smallest absolute Gasteiger partial charge is 0.337 e. The Morgan fingerprint density at radius 2 is 1.46 bits per heavy atom. The zero-order valence-corrected chi connectivity index (χ0v) is 17.1. The van der Waals surface area contributed by atoms with Gasteiger partial charge in [-0.05, 0) is 65.1 Å². The molecule has 4 nitrogen and oxygen atoms in total. The molecule has 0 atom stereocenters. The molecule has 0 aliphatic heterocycles. The summed E-state index contributed by atoms with van der Waals surface area (Å²) in [6, 6.07) is 23.9. The molecule has 0 aliphatic rings. The lowest BCUT2D eigenvalue weighted by Crippen LogP contribution is -2.22. The fourth-order valence-corrected chi connectivity index (χ4v) is 5.71. The Labute approximate surface area is 166 Å². The van der Waals surface area contributed by atoms with Gasteiger partial charge in [-0.25, -0.2) is 4.79 Å². The predicted molar refractivity (Wildman–Crippen MR) is 114 cm³/mol. The van der Waals surface area contributed by atoms with Gasteiger partial charge >= 0.3 is 5.97 Å². The molecule has 3 aromatic rings. The normalized spacial score (nSPS) is 11.0. The molecular weight excluding hydrogens is 460 g/mol. The number of esters is 1. The van der Waals surface area contributed by atoms with Crippen molar-refractivity contribution in [3.8, 4) is 0 Å². The van der Waals surface area contributed by atoms with E-state index in [9.17, 15) is 9.36 Å². The van der Waals surface area contributed by atoms with E-state index in [1.807, 2.05) is 60.7 Å². The molecule has 1 N–H and O–H groups in total. The lowest BCUT2D eigenvalue weighted by atomic mass is 10.2. The van der Waals surface area contributed by atoms with Crippen LogP contribution >= 0.6 is 29.9 Å². The van der Waals surface area contributed by atoms with Crippen molar-refractivity contribution in [3.05, 3.63) is 88.0 Å². The number of anilines is 1. The van der Waals surface area contributed by atoms with Crippen molar-refractivity contribution in [2.75, 3.05) is 12.2 Å². The Hall–Kier alpha value is -2.11. The van der Waals surface area contributed by atoms with Gasteiger partial charge in [0, 0.05) is 14.2 Å². The van der Waals surface area contributed by atoms with E-state index >= 15 is 0 Å². The Balaban J connectivity index is 2.05. The molecule has 0 aliphatic carbocycles. The lowest BCUT2D eigenvalue weighted by molar-refractivity contribution is 0.0600. The van der Waals surface area contributed by atoms with Gasteiger partial charge in [0.05, 0.1) is 18.4 Å². The van der Waals surface area contributed by atoms with Crippen LogP contribution in [0.15, 0.2) is 78.9 Å². The molecule has 6 heteroatoms. The summed E-state index contributed by atoms with van der Waals surface area (Å²) in [6.45, 7) is 0. The van der Waals surface area contributed by atoms with E-state index in [1.165, 1.54) is 7.11 Å². The van der Waals surface area contributed by atoms with Crippen LogP contribution < -0.4 is 15.7 Å². The van der Waals surface area contributed by atoms with E-state index in [2.05, 4.69) is 27.7 Å². The first kappa shape index (κ1) is 18.7. The van der Waals surface area contributed by atoms with E-state index in [-0.39, 0.29) is 0 Å². The summed E-state index contributed by atoms with van der Waals surface area (Å²) in [7, 11) is -1.74. The molecule has 0 fully saturated rings. The highest BCUT2D eigenvalue weighted by atomic mass is 127. The molecule has 0 aromatic heterocycles. The summed E-state index contributed by atoms with van der Waals surface area (Å²) in [4.78, 5) is 11.7. The van der Waals surface area contributed by atoms with Gasteiger partial charge in [0.15, 0.2) is 0 Å². The second-order valence-electron chi connectivity index (χ2n) is 5.58. The Morgan fingerprint density at radius 3 is 1.92 bits per heavy atom. The number of methoxy groups -OCH3 is 1. The predicted octanol–water partition coefficient (Wildman–Crippen LogP) is 4.42. The molecule has 0 saturated heterocycles. The van der Waals surface area contributed by atoms with Gasteiger partial charge in [-0.1, -0.05) is 36.4 Å². The van der Waals surface area contributed by atoms with Crippen LogP contribution in [0.25, 0.3) is 0 Å². The summed E-state index contributed by atoms with van der Waals surface area (Å²) in [5.74, 6) is -0.399. The zero-order chi connectivity index (χ0) is 18.6. The quantitative estimate of drug-likeness (QED) is 0.336. The minimum Gasteiger partial charge on any atom is -0.465 e. The highest BCUT2D eigenvalue weighted by molar-refractivity contribution is 14.1.